The molecule has 4 fully saturated rings. The molecule has 0 unspecified atom stereocenters. The summed E-state index contributed by atoms with van der Waals surface area (Å²) in [5.74, 6) is -0.00989. The number of guanidine groups is 1. The quantitative estimate of drug-likeness (QED) is 0.0805. The van der Waals surface area contributed by atoms with Gasteiger partial charge < -0.3 is 25.7 Å². The molecule has 0 aromatic rings. The topological polar surface area (TPSA) is 170 Å². The molecule has 0 aromatic carbocycles. The van der Waals surface area contributed by atoms with Crippen molar-refractivity contribution in [2.45, 2.75) is 97.3 Å². The summed E-state index contributed by atoms with van der Waals surface area (Å²) in [6, 6.07) is -0.789. The molecule has 4 rings (SSSR count). The van der Waals surface area contributed by atoms with Crippen LogP contribution in [-0.2, 0) is 18.9 Å². The highest BCUT2D eigenvalue weighted by Gasteiger charge is 2.68. The van der Waals surface area contributed by atoms with Gasteiger partial charge in [0, 0.05) is 13.5 Å². The van der Waals surface area contributed by atoms with Gasteiger partial charge in [0.25, 0.3) is 5.96 Å². The van der Waals surface area contributed by atoms with Gasteiger partial charge in [-0.2, -0.15) is 0 Å². The Balaban J connectivity index is 1.65. The molecule has 2 amide bonds. The van der Waals surface area contributed by atoms with E-state index in [2.05, 4.69) is 50.2 Å². The SMILES string of the molecule is CC(=O)N[C@@H](CCCN=C(N)N[N+](=O)[O-])C(=O)N[C@@H](CC(C)C)B1O[C@@H]2C[C@H]3C[C@H](C3(C)C)[C@]2(C)O1. The number of hydrogen-bond donors (Lipinski definition) is 4. The molecule has 2 bridgehead atoms. The highest BCUT2D eigenvalue weighted by Crippen LogP contribution is 2.65. The van der Waals surface area contributed by atoms with E-state index in [0.29, 0.717) is 31.1 Å². The lowest BCUT2D eigenvalue weighted by molar-refractivity contribution is -0.525. The number of carbonyl (C=O) groups excluding carboxylic acids is 2. The van der Waals surface area contributed by atoms with Gasteiger partial charge in [0.15, 0.2) is 5.03 Å². The molecule has 13 heteroatoms. The van der Waals surface area contributed by atoms with Crippen molar-refractivity contribution in [3.8, 4) is 0 Å². The number of carbonyl (C=O) groups is 2. The van der Waals surface area contributed by atoms with Gasteiger partial charge in [0.2, 0.25) is 11.8 Å². The van der Waals surface area contributed by atoms with Gasteiger partial charge >= 0.3 is 7.12 Å². The predicted octanol–water partition coefficient (Wildman–Crippen LogP) is 1.17. The normalized spacial score (nSPS) is 30.1. The number of hydrazine groups is 1. The fourth-order valence-electron chi connectivity index (χ4n) is 6.24. The molecule has 0 spiro atoms. The minimum absolute atomic E-state index is 0.00748. The number of aliphatic imine (C=N–C) groups is 1. The molecular weight excluding hydrogens is 467 g/mol. The van der Waals surface area contributed by atoms with Gasteiger partial charge in [0.05, 0.1) is 17.6 Å². The fraction of sp³-hybridized carbons (Fsp3) is 0.870. The summed E-state index contributed by atoms with van der Waals surface area (Å²) in [4.78, 5) is 39.3. The van der Waals surface area contributed by atoms with Crippen LogP contribution < -0.4 is 21.8 Å². The Morgan fingerprint density at radius 2 is 1.94 bits per heavy atom. The summed E-state index contributed by atoms with van der Waals surface area (Å²) < 4.78 is 13.0. The molecule has 4 aliphatic rings. The molecule has 0 aromatic heterocycles. The number of hydrogen-bond acceptors (Lipinski definition) is 7. The molecule has 1 aliphatic heterocycles. The van der Waals surface area contributed by atoms with Crippen LogP contribution in [0.1, 0.15) is 73.6 Å². The second-order valence-electron chi connectivity index (χ2n) is 11.6. The van der Waals surface area contributed by atoms with E-state index < -0.39 is 18.2 Å². The summed E-state index contributed by atoms with van der Waals surface area (Å²) in [5.41, 5.74) is 7.03. The summed E-state index contributed by atoms with van der Waals surface area (Å²) >= 11 is 0. The van der Waals surface area contributed by atoms with Crippen LogP contribution in [0.5, 0.6) is 0 Å². The van der Waals surface area contributed by atoms with E-state index in [0.717, 1.165) is 12.8 Å². The van der Waals surface area contributed by atoms with E-state index in [1.807, 2.05) is 0 Å². The smallest absolute Gasteiger partial charge is 0.404 e. The maximum absolute atomic E-state index is 13.3. The molecule has 1 heterocycles. The van der Waals surface area contributed by atoms with Crippen molar-refractivity contribution < 1.29 is 23.9 Å². The van der Waals surface area contributed by atoms with E-state index in [1.54, 1.807) is 5.43 Å². The minimum atomic E-state index is -0.796. The van der Waals surface area contributed by atoms with E-state index in [9.17, 15) is 19.7 Å². The first-order valence-electron chi connectivity index (χ1n) is 12.9. The average molecular weight is 508 g/mol. The molecule has 1 saturated heterocycles. The Morgan fingerprint density at radius 1 is 1.25 bits per heavy atom. The molecule has 0 radical (unpaired) electrons. The van der Waals surface area contributed by atoms with Crippen molar-refractivity contribution in [2.24, 2.45) is 33.9 Å². The van der Waals surface area contributed by atoms with E-state index in [1.165, 1.54) is 6.92 Å². The zero-order valence-corrected chi connectivity index (χ0v) is 22.2. The van der Waals surface area contributed by atoms with Gasteiger partial charge in [-0.05, 0) is 62.2 Å². The summed E-state index contributed by atoms with van der Waals surface area (Å²) in [6.07, 6.45) is 3.46. The summed E-state index contributed by atoms with van der Waals surface area (Å²) in [5, 5.41) is 15.4. The zero-order chi connectivity index (χ0) is 26.8. The first kappa shape index (κ1) is 28.2. The zero-order valence-electron chi connectivity index (χ0n) is 22.2. The van der Waals surface area contributed by atoms with Crippen molar-refractivity contribution in [3.05, 3.63) is 10.1 Å². The number of nitrogens with two attached hydrogens (primary N) is 1. The Morgan fingerprint density at radius 3 is 2.53 bits per heavy atom. The van der Waals surface area contributed by atoms with Crippen LogP contribution >= 0.6 is 0 Å². The third kappa shape index (κ3) is 6.11. The maximum atomic E-state index is 13.3. The standard InChI is InChI=1S/C23H41BN6O6/c1-13(2)10-19(24-35-18-12-15-11-17(22(15,4)5)23(18,6)36-24)28-20(32)16(27-14(3)31)8-7-9-26-21(25)29-30(33)34/h13,15-19H,7-12H2,1-6H3,(H,27,31)(H,28,32)(H3,25,26,29)/t15-,16+,17-,18-,19+,23+/m1/s1. The first-order chi connectivity index (χ1) is 16.7. The number of nitrogens with one attached hydrogen (secondary N) is 3. The van der Waals surface area contributed by atoms with Crippen LogP contribution in [0, 0.1) is 33.3 Å². The second-order valence-corrected chi connectivity index (χ2v) is 11.6. The number of nitrogens with zero attached hydrogens (tertiary/aromatic N) is 2. The molecule has 6 atom stereocenters. The van der Waals surface area contributed by atoms with Crippen LogP contribution in [0.15, 0.2) is 4.99 Å². The highest BCUT2D eigenvalue weighted by molar-refractivity contribution is 6.47. The maximum Gasteiger partial charge on any atom is 0.481 e. The van der Waals surface area contributed by atoms with E-state index >= 15 is 0 Å². The monoisotopic (exact) mass is 508 g/mol. The van der Waals surface area contributed by atoms with Crippen molar-refractivity contribution in [1.29, 1.82) is 0 Å². The average Bonchev–Trinajstić information content (AvgIpc) is 3.11. The van der Waals surface area contributed by atoms with Crippen molar-refractivity contribution >= 4 is 24.9 Å². The van der Waals surface area contributed by atoms with Crippen LogP contribution in [0.2, 0.25) is 0 Å². The Bertz CT molecular complexity index is 885. The molecule has 202 valence electrons. The highest BCUT2D eigenvalue weighted by atomic mass is 16.7. The van der Waals surface area contributed by atoms with Crippen molar-refractivity contribution in [2.75, 3.05) is 6.54 Å². The lowest BCUT2D eigenvalue weighted by Crippen LogP contribution is -2.65. The van der Waals surface area contributed by atoms with Crippen LogP contribution in [0.25, 0.3) is 0 Å². The lowest BCUT2D eigenvalue weighted by atomic mass is 9.43. The summed E-state index contributed by atoms with van der Waals surface area (Å²) in [6.45, 7) is 12.4. The molecule has 3 aliphatic carbocycles. The predicted molar refractivity (Wildman–Crippen MR) is 135 cm³/mol. The van der Waals surface area contributed by atoms with E-state index in [4.69, 9.17) is 15.0 Å². The van der Waals surface area contributed by atoms with Gasteiger partial charge in [0.1, 0.15) is 6.04 Å². The Hall–Kier alpha value is -2.41. The number of nitro groups is 1. The van der Waals surface area contributed by atoms with Gasteiger partial charge in [-0.25, -0.2) is 15.1 Å². The fourth-order valence-corrected chi connectivity index (χ4v) is 6.24. The van der Waals surface area contributed by atoms with Gasteiger partial charge in [-0.3, -0.25) is 9.59 Å². The van der Waals surface area contributed by atoms with Crippen LogP contribution in [0.3, 0.4) is 0 Å². The van der Waals surface area contributed by atoms with Gasteiger partial charge in [-0.15, -0.1) is 0 Å². The van der Waals surface area contributed by atoms with Crippen LogP contribution in [-0.4, -0.2) is 60.2 Å². The number of amides is 2. The van der Waals surface area contributed by atoms with Crippen molar-refractivity contribution in [1.82, 2.24) is 16.1 Å². The third-order valence-electron chi connectivity index (χ3n) is 8.18. The largest absolute Gasteiger partial charge is 0.481 e. The molecule has 12 nitrogen and oxygen atoms in total. The van der Waals surface area contributed by atoms with E-state index in [-0.39, 0.29) is 53.3 Å². The second kappa shape index (κ2) is 10.9. The lowest BCUT2D eigenvalue weighted by Gasteiger charge is -2.64. The minimum Gasteiger partial charge on any atom is -0.404 e. The Labute approximate surface area is 213 Å². The molecule has 5 N–H and O–H groups in total. The molecule has 36 heavy (non-hydrogen) atoms. The van der Waals surface area contributed by atoms with Crippen LogP contribution in [0.4, 0.5) is 0 Å². The number of rotatable bonds is 11. The summed E-state index contributed by atoms with van der Waals surface area (Å²) in [7, 11) is -0.558. The first-order valence-corrected chi connectivity index (χ1v) is 12.9. The van der Waals surface area contributed by atoms with Gasteiger partial charge in [-0.1, -0.05) is 33.1 Å². The Kier molecular flexibility index (Phi) is 8.54. The third-order valence-corrected chi connectivity index (χ3v) is 8.18. The van der Waals surface area contributed by atoms with Crippen molar-refractivity contribution in [3.63, 3.8) is 0 Å². The molecular formula is C23H41BN6O6. The molecule has 3 saturated carbocycles.